The van der Waals surface area contributed by atoms with Gasteiger partial charge in [0, 0.05) is 15.7 Å². The first-order valence-corrected chi connectivity index (χ1v) is 7.94. The molecule has 0 radical (unpaired) electrons. The van der Waals surface area contributed by atoms with Crippen molar-refractivity contribution in [1.82, 2.24) is 0 Å². The van der Waals surface area contributed by atoms with E-state index in [0.29, 0.717) is 12.1 Å². The Hall–Kier alpha value is -1.89. The van der Waals surface area contributed by atoms with Crippen molar-refractivity contribution in [2.75, 3.05) is 5.32 Å². The maximum absolute atomic E-state index is 12.0. The lowest BCUT2D eigenvalue weighted by Gasteiger charge is -2.12. The highest BCUT2D eigenvalue weighted by Crippen LogP contribution is 2.16. The first-order valence-electron chi connectivity index (χ1n) is 6.87. The highest BCUT2D eigenvalue weighted by atomic mass is 127. The van der Waals surface area contributed by atoms with Gasteiger partial charge in [-0.25, -0.2) is 0 Å². The van der Waals surface area contributed by atoms with Crippen LogP contribution in [0.1, 0.15) is 12.0 Å². The Kier molecular flexibility index (Phi) is 5.94. The summed E-state index contributed by atoms with van der Waals surface area (Å²) in [6, 6.07) is 16.7. The third kappa shape index (κ3) is 5.14. The SMILES string of the molecule is O=C(CC(Cc1ccccc1)C(=O)O)Nc1ccc(I)cc1. The largest absolute Gasteiger partial charge is 0.481 e. The van der Waals surface area contributed by atoms with Crippen LogP contribution in [0.15, 0.2) is 54.6 Å². The summed E-state index contributed by atoms with van der Waals surface area (Å²) in [7, 11) is 0. The molecule has 0 aliphatic rings. The van der Waals surface area contributed by atoms with E-state index in [0.717, 1.165) is 9.13 Å². The first-order chi connectivity index (χ1) is 10.5. The number of carbonyl (C=O) groups is 2. The van der Waals surface area contributed by atoms with Gasteiger partial charge < -0.3 is 10.4 Å². The van der Waals surface area contributed by atoms with Crippen LogP contribution >= 0.6 is 22.6 Å². The average Bonchev–Trinajstić information content (AvgIpc) is 2.50. The van der Waals surface area contributed by atoms with Gasteiger partial charge in [0.25, 0.3) is 0 Å². The molecule has 0 heterocycles. The van der Waals surface area contributed by atoms with Crippen molar-refractivity contribution in [2.24, 2.45) is 5.92 Å². The van der Waals surface area contributed by atoms with Crippen LogP contribution in [0.5, 0.6) is 0 Å². The number of hydrogen-bond donors (Lipinski definition) is 2. The molecule has 2 rings (SSSR count). The van der Waals surface area contributed by atoms with Gasteiger partial charge in [0.2, 0.25) is 5.91 Å². The molecule has 1 unspecified atom stereocenters. The molecule has 0 aliphatic heterocycles. The molecule has 1 atom stereocenters. The van der Waals surface area contributed by atoms with Gasteiger partial charge in [0.15, 0.2) is 0 Å². The lowest BCUT2D eigenvalue weighted by molar-refractivity contribution is -0.143. The molecule has 0 saturated heterocycles. The first kappa shape index (κ1) is 16.5. The molecule has 114 valence electrons. The number of aliphatic carboxylic acids is 1. The van der Waals surface area contributed by atoms with Crippen LogP contribution in [0.25, 0.3) is 0 Å². The van der Waals surface area contributed by atoms with Crippen molar-refractivity contribution in [3.63, 3.8) is 0 Å². The molecule has 0 aliphatic carbocycles. The molecule has 2 N–H and O–H groups in total. The Bertz CT molecular complexity index is 641. The van der Waals surface area contributed by atoms with Gasteiger partial charge in [-0.05, 0) is 58.8 Å². The number of hydrogen-bond acceptors (Lipinski definition) is 2. The second kappa shape index (κ2) is 7.93. The van der Waals surface area contributed by atoms with Gasteiger partial charge in [-0.1, -0.05) is 30.3 Å². The van der Waals surface area contributed by atoms with Crippen molar-refractivity contribution >= 4 is 40.2 Å². The van der Waals surface area contributed by atoms with E-state index >= 15 is 0 Å². The van der Waals surface area contributed by atoms with Gasteiger partial charge in [-0.15, -0.1) is 0 Å². The highest BCUT2D eigenvalue weighted by molar-refractivity contribution is 14.1. The molecule has 0 spiro atoms. The summed E-state index contributed by atoms with van der Waals surface area (Å²) in [6.45, 7) is 0. The van der Waals surface area contributed by atoms with Gasteiger partial charge >= 0.3 is 5.97 Å². The van der Waals surface area contributed by atoms with Gasteiger partial charge in [0.1, 0.15) is 0 Å². The fourth-order valence-electron chi connectivity index (χ4n) is 2.11. The quantitative estimate of drug-likeness (QED) is 0.718. The molecular formula is C17H16INO3. The third-order valence-corrected chi connectivity index (χ3v) is 3.95. The predicted octanol–water partition coefficient (Wildman–Crippen LogP) is 3.56. The van der Waals surface area contributed by atoms with Crippen LogP contribution in [-0.2, 0) is 16.0 Å². The number of anilines is 1. The predicted molar refractivity (Wildman–Crippen MR) is 93.7 cm³/mol. The summed E-state index contributed by atoms with van der Waals surface area (Å²) >= 11 is 2.18. The van der Waals surface area contributed by atoms with E-state index in [-0.39, 0.29) is 12.3 Å². The molecular weight excluding hydrogens is 393 g/mol. The number of amides is 1. The maximum Gasteiger partial charge on any atom is 0.307 e. The lowest BCUT2D eigenvalue weighted by Crippen LogP contribution is -2.24. The summed E-state index contributed by atoms with van der Waals surface area (Å²) in [6.07, 6.45) is 0.298. The van der Waals surface area contributed by atoms with Crippen molar-refractivity contribution < 1.29 is 14.7 Å². The Labute approximate surface area is 142 Å². The smallest absolute Gasteiger partial charge is 0.307 e. The minimum atomic E-state index is -0.957. The Morgan fingerprint density at radius 3 is 2.27 bits per heavy atom. The Morgan fingerprint density at radius 1 is 1.05 bits per heavy atom. The van der Waals surface area contributed by atoms with E-state index in [1.54, 1.807) is 12.1 Å². The van der Waals surface area contributed by atoms with E-state index in [1.165, 1.54) is 0 Å². The molecule has 0 fully saturated rings. The molecule has 0 saturated carbocycles. The Balaban J connectivity index is 1.97. The second-order valence-corrected chi connectivity index (χ2v) is 6.23. The number of halogens is 1. The second-order valence-electron chi connectivity index (χ2n) is 4.98. The molecule has 1 amide bonds. The van der Waals surface area contributed by atoms with E-state index in [4.69, 9.17) is 0 Å². The van der Waals surface area contributed by atoms with Crippen molar-refractivity contribution in [2.45, 2.75) is 12.8 Å². The molecule has 0 bridgehead atoms. The Morgan fingerprint density at radius 2 is 1.68 bits per heavy atom. The zero-order valence-corrected chi connectivity index (χ0v) is 14.0. The maximum atomic E-state index is 12.0. The van der Waals surface area contributed by atoms with E-state index in [1.807, 2.05) is 42.5 Å². The van der Waals surface area contributed by atoms with Crippen LogP contribution in [0.4, 0.5) is 5.69 Å². The zero-order chi connectivity index (χ0) is 15.9. The molecule has 2 aromatic carbocycles. The monoisotopic (exact) mass is 409 g/mol. The van der Waals surface area contributed by atoms with Crippen molar-refractivity contribution in [3.05, 3.63) is 63.7 Å². The fourth-order valence-corrected chi connectivity index (χ4v) is 2.47. The number of carboxylic acid groups (broad SMARTS) is 1. The number of carboxylic acids is 1. The zero-order valence-electron chi connectivity index (χ0n) is 11.8. The van der Waals surface area contributed by atoms with E-state index in [2.05, 4.69) is 27.9 Å². The summed E-state index contributed by atoms with van der Waals surface area (Å²) in [5.74, 6) is -1.97. The van der Waals surface area contributed by atoms with Crippen LogP contribution < -0.4 is 5.32 Å². The van der Waals surface area contributed by atoms with E-state index in [9.17, 15) is 14.7 Å². The third-order valence-electron chi connectivity index (χ3n) is 3.23. The van der Waals surface area contributed by atoms with Crippen molar-refractivity contribution in [1.29, 1.82) is 0 Å². The molecule has 4 nitrogen and oxygen atoms in total. The average molecular weight is 409 g/mol. The summed E-state index contributed by atoms with van der Waals surface area (Å²) in [4.78, 5) is 23.4. The van der Waals surface area contributed by atoms with Crippen LogP contribution in [-0.4, -0.2) is 17.0 Å². The van der Waals surface area contributed by atoms with Crippen LogP contribution in [0.3, 0.4) is 0 Å². The number of benzene rings is 2. The minimum absolute atomic E-state index is 0.0454. The van der Waals surface area contributed by atoms with E-state index < -0.39 is 11.9 Å². The van der Waals surface area contributed by atoms with Crippen LogP contribution in [0.2, 0.25) is 0 Å². The van der Waals surface area contributed by atoms with Gasteiger partial charge in [0.05, 0.1) is 5.92 Å². The topological polar surface area (TPSA) is 66.4 Å². The summed E-state index contributed by atoms with van der Waals surface area (Å²) in [5.41, 5.74) is 1.59. The highest BCUT2D eigenvalue weighted by Gasteiger charge is 2.21. The standard InChI is InChI=1S/C17H16INO3/c18-14-6-8-15(9-7-14)19-16(20)11-13(17(21)22)10-12-4-2-1-3-5-12/h1-9,13H,10-11H2,(H,19,20)(H,21,22). The molecule has 5 heteroatoms. The number of rotatable bonds is 6. The lowest BCUT2D eigenvalue weighted by atomic mass is 9.96. The summed E-state index contributed by atoms with van der Waals surface area (Å²) < 4.78 is 1.07. The molecule has 22 heavy (non-hydrogen) atoms. The van der Waals surface area contributed by atoms with Crippen LogP contribution in [0, 0.1) is 9.49 Å². The molecule has 0 aromatic heterocycles. The molecule has 2 aromatic rings. The summed E-state index contributed by atoms with van der Waals surface area (Å²) in [5, 5.41) is 12.0. The normalized spacial score (nSPS) is 11.7. The van der Waals surface area contributed by atoms with Gasteiger partial charge in [-0.3, -0.25) is 9.59 Å². The minimum Gasteiger partial charge on any atom is -0.481 e. The number of nitrogens with one attached hydrogen (secondary N) is 1. The fraction of sp³-hybridized carbons (Fsp3) is 0.176. The van der Waals surface area contributed by atoms with Crippen molar-refractivity contribution in [3.8, 4) is 0 Å². The van der Waals surface area contributed by atoms with Gasteiger partial charge in [-0.2, -0.15) is 0 Å². The number of carbonyl (C=O) groups excluding carboxylic acids is 1.